The van der Waals surface area contributed by atoms with E-state index in [2.05, 4.69) is 9.62 Å². The number of anilines is 2. The van der Waals surface area contributed by atoms with Gasteiger partial charge < -0.3 is 10.0 Å². The summed E-state index contributed by atoms with van der Waals surface area (Å²) in [7, 11) is -4.04. The molecule has 0 amide bonds. The van der Waals surface area contributed by atoms with Gasteiger partial charge in [0.2, 0.25) is 0 Å². The van der Waals surface area contributed by atoms with Crippen LogP contribution >= 0.6 is 23.2 Å². The quantitative estimate of drug-likeness (QED) is 0.797. The van der Waals surface area contributed by atoms with Gasteiger partial charge in [0.05, 0.1) is 10.7 Å². The van der Waals surface area contributed by atoms with Crippen LogP contribution in [-0.2, 0) is 10.0 Å². The van der Waals surface area contributed by atoms with Crippen molar-refractivity contribution in [2.75, 3.05) is 22.7 Å². The largest absolute Gasteiger partial charge is 0.505 e. The van der Waals surface area contributed by atoms with Gasteiger partial charge in [0.15, 0.2) is 5.75 Å². The molecule has 0 aromatic heterocycles. The van der Waals surface area contributed by atoms with Crippen molar-refractivity contribution in [1.82, 2.24) is 0 Å². The molecular weight excluding hydrogens is 383 g/mol. The second-order valence-electron chi connectivity index (χ2n) is 5.98. The van der Waals surface area contributed by atoms with Crippen LogP contribution in [0, 0.1) is 6.92 Å². The SMILES string of the molecule is Cc1c(NS(=O)(=O)c2cc(Cl)cc(Cl)c2O)cccc1N1CCCC1. The fraction of sp³-hybridized carbons (Fsp3) is 0.294. The molecule has 0 unspecified atom stereocenters. The summed E-state index contributed by atoms with van der Waals surface area (Å²) in [6, 6.07) is 7.94. The van der Waals surface area contributed by atoms with Gasteiger partial charge in [0, 0.05) is 23.8 Å². The first kappa shape index (κ1) is 18.2. The van der Waals surface area contributed by atoms with Crippen molar-refractivity contribution in [2.45, 2.75) is 24.7 Å². The summed E-state index contributed by atoms with van der Waals surface area (Å²) >= 11 is 11.7. The lowest BCUT2D eigenvalue weighted by Gasteiger charge is -2.22. The zero-order valence-electron chi connectivity index (χ0n) is 13.6. The fourth-order valence-electron chi connectivity index (χ4n) is 2.98. The Morgan fingerprint density at radius 2 is 1.84 bits per heavy atom. The smallest absolute Gasteiger partial charge is 0.265 e. The highest BCUT2D eigenvalue weighted by Crippen LogP contribution is 2.36. The number of benzene rings is 2. The maximum absolute atomic E-state index is 12.7. The Labute approximate surface area is 157 Å². The molecule has 134 valence electrons. The molecule has 1 aliphatic rings. The van der Waals surface area contributed by atoms with Gasteiger partial charge >= 0.3 is 0 Å². The topological polar surface area (TPSA) is 69.6 Å². The van der Waals surface area contributed by atoms with E-state index in [0.717, 1.165) is 37.2 Å². The van der Waals surface area contributed by atoms with Crippen LogP contribution in [0.2, 0.25) is 10.0 Å². The van der Waals surface area contributed by atoms with Crippen LogP contribution in [0.3, 0.4) is 0 Å². The van der Waals surface area contributed by atoms with Crippen LogP contribution in [0.15, 0.2) is 35.2 Å². The summed E-state index contributed by atoms with van der Waals surface area (Å²) in [4.78, 5) is 1.89. The van der Waals surface area contributed by atoms with Crippen molar-refractivity contribution in [2.24, 2.45) is 0 Å². The maximum Gasteiger partial charge on any atom is 0.265 e. The molecule has 0 saturated carbocycles. The van der Waals surface area contributed by atoms with Crippen LogP contribution in [0.5, 0.6) is 5.75 Å². The minimum Gasteiger partial charge on any atom is -0.505 e. The van der Waals surface area contributed by atoms with Gasteiger partial charge in [-0.05, 0) is 49.6 Å². The zero-order chi connectivity index (χ0) is 18.2. The molecular formula is C17H18Cl2N2O3S. The number of aromatic hydroxyl groups is 1. The van der Waals surface area contributed by atoms with Gasteiger partial charge in [-0.2, -0.15) is 0 Å². The minimum atomic E-state index is -4.04. The van der Waals surface area contributed by atoms with Crippen molar-refractivity contribution < 1.29 is 13.5 Å². The molecule has 1 aliphatic heterocycles. The number of sulfonamides is 1. The Morgan fingerprint density at radius 1 is 1.16 bits per heavy atom. The van der Waals surface area contributed by atoms with E-state index in [4.69, 9.17) is 23.2 Å². The molecule has 5 nitrogen and oxygen atoms in total. The summed E-state index contributed by atoms with van der Waals surface area (Å²) < 4.78 is 27.9. The van der Waals surface area contributed by atoms with E-state index in [9.17, 15) is 13.5 Å². The van der Waals surface area contributed by atoms with Gasteiger partial charge in [-0.3, -0.25) is 4.72 Å². The first-order valence-corrected chi connectivity index (χ1v) is 10.1. The molecule has 1 heterocycles. The average Bonchev–Trinajstić information content (AvgIpc) is 3.07. The monoisotopic (exact) mass is 400 g/mol. The standard InChI is InChI=1S/C17H18Cl2N2O3S/c1-11-14(5-4-6-15(11)21-7-2-3-8-21)20-25(23,24)16-10-12(18)9-13(19)17(16)22/h4-6,9-10,20,22H,2-3,7-8H2,1H3. The van der Waals surface area contributed by atoms with E-state index in [1.807, 2.05) is 19.1 Å². The molecule has 0 bridgehead atoms. The first-order valence-electron chi connectivity index (χ1n) is 7.85. The molecule has 1 fully saturated rings. The minimum absolute atomic E-state index is 0.115. The molecule has 0 radical (unpaired) electrons. The molecule has 3 rings (SSSR count). The molecule has 0 spiro atoms. The number of rotatable bonds is 4. The van der Waals surface area contributed by atoms with Gasteiger partial charge in [-0.1, -0.05) is 29.3 Å². The molecule has 2 aromatic carbocycles. The molecule has 1 saturated heterocycles. The number of nitrogens with one attached hydrogen (secondary N) is 1. The maximum atomic E-state index is 12.7. The number of phenolic OH excluding ortho intramolecular Hbond substituents is 1. The van der Waals surface area contributed by atoms with Crippen molar-refractivity contribution in [3.63, 3.8) is 0 Å². The summed E-state index contributed by atoms with van der Waals surface area (Å²) in [6.45, 7) is 3.79. The summed E-state index contributed by atoms with van der Waals surface area (Å²) in [5, 5.41) is 10.0. The number of phenols is 1. The number of halogens is 2. The number of hydrogen-bond donors (Lipinski definition) is 2. The van der Waals surface area contributed by atoms with E-state index in [-0.39, 0.29) is 14.9 Å². The summed E-state index contributed by atoms with van der Waals surface area (Å²) in [5.74, 6) is -0.521. The van der Waals surface area contributed by atoms with Crippen LogP contribution < -0.4 is 9.62 Å². The van der Waals surface area contributed by atoms with Crippen LogP contribution in [-0.4, -0.2) is 26.6 Å². The second-order valence-corrected chi connectivity index (χ2v) is 8.48. The Morgan fingerprint density at radius 3 is 2.52 bits per heavy atom. The highest BCUT2D eigenvalue weighted by atomic mass is 35.5. The molecule has 8 heteroatoms. The van der Waals surface area contributed by atoms with Gasteiger partial charge in [0.25, 0.3) is 10.0 Å². The lowest BCUT2D eigenvalue weighted by Crippen LogP contribution is -2.20. The van der Waals surface area contributed by atoms with Gasteiger partial charge in [0.1, 0.15) is 4.90 Å². The average molecular weight is 401 g/mol. The predicted molar refractivity (Wildman–Crippen MR) is 102 cm³/mol. The molecule has 2 aromatic rings. The highest BCUT2D eigenvalue weighted by molar-refractivity contribution is 7.92. The first-order chi connectivity index (χ1) is 11.8. The lowest BCUT2D eigenvalue weighted by atomic mass is 10.1. The van der Waals surface area contributed by atoms with E-state index in [0.29, 0.717) is 5.69 Å². The van der Waals surface area contributed by atoms with E-state index < -0.39 is 15.8 Å². The van der Waals surface area contributed by atoms with E-state index >= 15 is 0 Å². The summed E-state index contributed by atoms with van der Waals surface area (Å²) in [5.41, 5.74) is 2.30. The van der Waals surface area contributed by atoms with Gasteiger partial charge in [-0.15, -0.1) is 0 Å². The Balaban J connectivity index is 1.98. The highest BCUT2D eigenvalue weighted by Gasteiger charge is 2.23. The Kier molecular flexibility index (Phi) is 5.04. The van der Waals surface area contributed by atoms with Crippen molar-refractivity contribution in [3.05, 3.63) is 45.9 Å². The molecule has 0 aliphatic carbocycles. The lowest BCUT2D eigenvalue weighted by molar-refractivity contribution is 0.459. The van der Waals surface area contributed by atoms with Crippen LogP contribution in [0.25, 0.3) is 0 Å². The predicted octanol–water partition coefficient (Wildman–Crippen LogP) is 4.41. The molecule has 25 heavy (non-hydrogen) atoms. The van der Waals surface area contributed by atoms with Crippen LogP contribution in [0.1, 0.15) is 18.4 Å². The normalized spacial score (nSPS) is 14.8. The van der Waals surface area contributed by atoms with E-state index in [1.165, 1.54) is 12.1 Å². The molecule has 0 atom stereocenters. The van der Waals surface area contributed by atoms with Crippen molar-refractivity contribution >= 4 is 44.6 Å². The third kappa shape index (κ3) is 3.66. The fourth-order valence-corrected chi connectivity index (χ4v) is 4.86. The third-order valence-electron chi connectivity index (χ3n) is 4.28. The number of nitrogens with zero attached hydrogens (tertiary/aromatic N) is 1. The third-order valence-corrected chi connectivity index (χ3v) is 6.16. The van der Waals surface area contributed by atoms with E-state index in [1.54, 1.807) is 6.07 Å². The second kappa shape index (κ2) is 6.94. The Hall–Kier alpha value is -1.63. The van der Waals surface area contributed by atoms with Gasteiger partial charge in [-0.25, -0.2) is 8.42 Å². The summed E-state index contributed by atoms with van der Waals surface area (Å²) in [6.07, 6.45) is 2.26. The Bertz CT molecular complexity index is 910. The van der Waals surface area contributed by atoms with Crippen molar-refractivity contribution in [1.29, 1.82) is 0 Å². The van der Waals surface area contributed by atoms with Crippen molar-refractivity contribution in [3.8, 4) is 5.75 Å². The zero-order valence-corrected chi connectivity index (χ0v) is 15.9. The number of hydrogen-bond acceptors (Lipinski definition) is 4. The molecule has 2 N–H and O–H groups in total. The van der Waals surface area contributed by atoms with Crippen LogP contribution in [0.4, 0.5) is 11.4 Å².